The van der Waals surface area contributed by atoms with Crippen LogP contribution in [0.2, 0.25) is 0 Å². The number of pyridine rings is 1. The minimum Gasteiger partial charge on any atom is -0.246 e. The average molecular weight is 239 g/mol. The van der Waals surface area contributed by atoms with Crippen LogP contribution in [-0.4, -0.2) is 4.98 Å². The summed E-state index contributed by atoms with van der Waals surface area (Å²) in [6.07, 6.45) is -0.275. The Kier molecular flexibility index (Phi) is 4.47. The smallest absolute Gasteiger partial charge is 0.147 e. The van der Waals surface area contributed by atoms with E-state index < -0.39 is 20.0 Å². The minimum atomic E-state index is -1.06. The van der Waals surface area contributed by atoms with Gasteiger partial charge in [0.25, 0.3) is 0 Å². The van der Waals surface area contributed by atoms with Crippen molar-refractivity contribution in [3.8, 4) is 12.1 Å². The highest BCUT2D eigenvalue weighted by atomic mass is 19.1. The highest BCUT2D eigenvalue weighted by Gasteiger charge is 2.19. The lowest BCUT2D eigenvalue weighted by Crippen LogP contribution is -2.08. The van der Waals surface area contributed by atoms with Crippen LogP contribution in [0.15, 0.2) is 0 Å². The molecule has 3 nitrogen and oxygen atoms in total. The summed E-state index contributed by atoms with van der Waals surface area (Å²) >= 11 is 0. The van der Waals surface area contributed by atoms with E-state index in [1.54, 1.807) is 12.1 Å². The predicted molar refractivity (Wildman–Crippen MR) is 52.7 cm³/mol. The van der Waals surface area contributed by atoms with Gasteiger partial charge in [0.05, 0.1) is 18.2 Å². The molecule has 88 valence electrons. The van der Waals surface area contributed by atoms with Crippen LogP contribution >= 0.6 is 0 Å². The molecule has 1 aromatic heterocycles. The SMILES string of the molecule is N#CCc1c(CF)c(C#N)nc(CF)c1CF. The van der Waals surface area contributed by atoms with E-state index in [9.17, 15) is 13.2 Å². The Morgan fingerprint density at radius 2 is 1.59 bits per heavy atom. The lowest BCUT2D eigenvalue weighted by Gasteiger charge is -2.12. The topological polar surface area (TPSA) is 60.5 Å². The molecule has 0 fully saturated rings. The summed E-state index contributed by atoms with van der Waals surface area (Å²) in [4.78, 5) is 3.57. The van der Waals surface area contributed by atoms with Gasteiger partial charge in [0.15, 0.2) is 0 Å². The first-order valence-electron chi connectivity index (χ1n) is 4.71. The van der Waals surface area contributed by atoms with E-state index in [-0.39, 0.29) is 34.5 Å². The Hall–Kier alpha value is -2.08. The fourth-order valence-electron chi connectivity index (χ4n) is 1.57. The van der Waals surface area contributed by atoms with Crippen LogP contribution < -0.4 is 0 Å². The van der Waals surface area contributed by atoms with Crippen molar-refractivity contribution in [1.29, 1.82) is 10.5 Å². The van der Waals surface area contributed by atoms with Crippen LogP contribution in [0.3, 0.4) is 0 Å². The molecule has 1 heterocycles. The van der Waals surface area contributed by atoms with Gasteiger partial charge in [-0.3, -0.25) is 0 Å². The maximum Gasteiger partial charge on any atom is 0.147 e. The van der Waals surface area contributed by atoms with Gasteiger partial charge in [-0.25, -0.2) is 18.2 Å². The van der Waals surface area contributed by atoms with Crippen LogP contribution in [0.1, 0.15) is 28.1 Å². The molecular weight excluding hydrogens is 231 g/mol. The van der Waals surface area contributed by atoms with Crippen LogP contribution in [-0.2, 0) is 26.4 Å². The van der Waals surface area contributed by atoms with Gasteiger partial charge in [0.2, 0.25) is 0 Å². The van der Waals surface area contributed by atoms with Crippen LogP contribution in [0.25, 0.3) is 0 Å². The van der Waals surface area contributed by atoms with Crippen LogP contribution in [0.4, 0.5) is 13.2 Å². The number of hydrogen-bond acceptors (Lipinski definition) is 3. The number of rotatable bonds is 4. The quantitative estimate of drug-likeness (QED) is 0.810. The molecule has 0 aliphatic rings. The second-order valence-electron chi connectivity index (χ2n) is 3.19. The van der Waals surface area contributed by atoms with Gasteiger partial charge in [-0.05, 0) is 5.56 Å². The second kappa shape index (κ2) is 5.86. The lowest BCUT2D eigenvalue weighted by molar-refractivity contribution is 0.438. The number of nitriles is 2. The molecule has 0 unspecified atom stereocenters. The van der Waals surface area contributed by atoms with Gasteiger partial charge >= 0.3 is 0 Å². The monoisotopic (exact) mass is 239 g/mol. The summed E-state index contributed by atoms with van der Waals surface area (Å²) in [6, 6.07) is 3.36. The summed E-state index contributed by atoms with van der Waals surface area (Å²) in [7, 11) is 0. The summed E-state index contributed by atoms with van der Waals surface area (Å²) in [5.74, 6) is 0. The first kappa shape index (κ1) is 13.0. The first-order chi connectivity index (χ1) is 8.23. The number of alkyl halides is 3. The average Bonchev–Trinajstić information content (AvgIpc) is 2.37. The third kappa shape index (κ3) is 2.36. The Balaban J connectivity index is 3.59. The van der Waals surface area contributed by atoms with Crippen molar-refractivity contribution in [1.82, 2.24) is 4.98 Å². The van der Waals surface area contributed by atoms with Gasteiger partial charge in [0.1, 0.15) is 31.8 Å². The highest BCUT2D eigenvalue weighted by molar-refractivity contribution is 5.45. The van der Waals surface area contributed by atoms with Crippen LogP contribution in [0, 0.1) is 22.7 Å². The summed E-state index contributed by atoms with van der Waals surface area (Å²) < 4.78 is 38.2. The normalized spacial score (nSPS) is 9.71. The van der Waals surface area contributed by atoms with Crippen molar-refractivity contribution in [2.45, 2.75) is 26.4 Å². The Labute approximate surface area is 96.1 Å². The van der Waals surface area contributed by atoms with Crippen molar-refractivity contribution < 1.29 is 13.2 Å². The zero-order chi connectivity index (χ0) is 12.8. The van der Waals surface area contributed by atoms with E-state index in [4.69, 9.17) is 10.5 Å². The molecule has 0 saturated heterocycles. The molecule has 1 aromatic rings. The number of halogens is 3. The molecule has 0 N–H and O–H groups in total. The van der Waals surface area contributed by atoms with Gasteiger partial charge in [0, 0.05) is 11.1 Å². The minimum absolute atomic E-state index is 0.0386. The van der Waals surface area contributed by atoms with E-state index in [2.05, 4.69) is 4.98 Å². The zero-order valence-electron chi connectivity index (χ0n) is 8.80. The zero-order valence-corrected chi connectivity index (χ0v) is 8.80. The van der Waals surface area contributed by atoms with Gasteiger partial charge in [-0.1, -0.05) is 0 Å². The van der Waals surface area contributed by atoms with Gasteiger partial charge < -0.3 is 0 Å². The predicted octanol–water partition coefficient (Wildman–Crippen LogP) is 2.43. The first-order valence-corrected chi connectivity index (χ1v) is 4.71. The number of aromatic nitrogens is 1. The molecule has 0 aromatic carbocycles. The van der Waals surface area contributed by atoms with E-state index in [1.165, 1.54) is 0 Å². The Morgan fingerprint density at radius 1 is 0.941 bits per heavy atom. The van der Waals surface area contributed by atoms with E-state index in [1.807, 2.05) is 0 Å². The molecule has 0 saturated carbocycles. The van der Waals surface area contributed by atoms with Crippen molar-refractivity contribution in [2.75, 3.05) is 0 Å². The van der Waals surface area contributed by atoms with Crippen LogP contribution in [0.5, 0.6) is 0 Å². The summed E-state index contributed by atoms with van der Waals surface area (Å²) in [5.41, 5.74) is -0.745. The third-order valence-corrected chi connectivity index (χ3v) is 2.37. The summed E-state index contributed by atoms with van der Waals surface area (Å²) in [6.45, 7) is -3.13. The van der Waals surface area contributed by atoms with Crippen molar-refractivity contribution in [2.24, 2.45) is 0 Å². The van der Waals surface area contributed by atoms with E-state index in [0.29, 0.717) is 0 Å². The Bertz CT molecular complexity index is 500. The largest absolute Gasteiger partial charge is 0.246 e. The fraction of sp³-hybridized carbons (Fsp3) is 0.364. The number of nitrogens with zero attached hydrogens (tertiary/aromatic N) is 3. The third-order valence-electron chi connectivity index (χ3n) is 2.37. The number of hydrogen-bond donors (Lipinski definition) is 0. The standard InChI is InChI=1S/C11H8F3N3/c12-3-8-7(1-2-15)9(4-13)11(6-16)17-10(8)5-14/h1,3-5H2. The van der Waals surface area contributed by atoms with Crippen molar-refractivity contribution in [3.63, 3.8) is 0 Å². The molecule has 0 aliphatic carbocycles. The summed E-state index contributed by atoms with van der Waals surface area (Å²) in [5, 5.41) is 17.3. The lowest BCUT2D eigenvalue weighted by atomic mass is 9.97. The maximum absolute atomic E-state index is 12.8. The molecule has 0 amide bonds. The molecular formula is C11H8F3N3. The molecule has 0 bridgehead atoms. The molecule has 0 atom stereocenters. The van der Waals surface area contributed by atoms with Gasteiger partial charge in [-0.15, -0.1) is 0 Å². The molecule has 0 spiro atoms. The van der Waals surface area contributed by atoms with E-state index in [0.717, 1.165) is 0 Å². The van der Waals surface area contributed by atoms with E-state index >= 15 is 0 Å². The molecule has 1 rings (SSSR count). The fourth-order valence-corrected chi connectivity index (χ4v) is 1.57. The molecule has 17 heavy (non-hydrogen) atoms. The van der Waals surface area contributed by atoms with Crippen molar-refractivity contribution >= 4 is 0 Å². The van der Waals surface area contributed by atoms with Crippen molar-refractivity contribution in [3.05, 3.63) is 28.1 Å². The second-order valence-corrected chi connectivity index (χ2v) is 3.19. The van der Waals surface area contributed by atoms with Gasteiger partial charge in [-0.2, -0.15) is 10.5 Å². The molecule has 0 radical (unpaired) electrons. The maximum atomic E-state index is 12.8. The highest BCUT2D eigenvalue weighted by Crippen LogP contribution is 2.24. The molecule has 6 heteroatoms. The Morgan fingerprint density at radius 3 is 2.00 bits per heavy atom. The molecule has 0 aliphatic heterocycles.